The van der Waals surface area contributed by atoms with Crippen LogP contribution in [-0.2, 0) is 17.6 Å². The quantitative estimate of drug-likeness (QED) is 0.407. The number of hydrogen-bond acceptors (Lipinski definition) is 6. The van der Waals surface area contributed by atoms with Crippen molar-refractivity contribution in [2.24, 2.45) is 0 Å². The standard InChI is InChI=1S/C17H15ClN4OS2/c18-15-11(5-3-7-19-15)22-13(23)8-24-16-14-10-4-1-2-6-12(10)25-17(14)21-9-20-16/h3,5,7,9H,1-2,4,6,8H2,(H,22,23). The van der Waals surface area contributed by atoms with Gasteiger partial charge in [-0.05, 0) is 43.4 Å². The van der Waals surface area contributed by atoms with E-state index in [2.05, 4.69) is 20.3 Å². The van der Waals surface area contributed by atoms with E-state index in [0.717, 1.165) is 28.1 Å². The second-order valence-corrected chi connectivity index (χ2v) is 8.15. The van der Waals surface area contributed by atoms with Crippen molar-refractivity contribution in [3.8, 4) is 0 Å². The van der Waals surface area contributed by atoms with Crippen LogP contribution in [-0.4, -0.2) is 26.6 Å². The zero-order valence-corrected chi connectivity index (χ0v) is 15.7. The Morgan fingerprint density at radius 1 is 1.28 bits per heavy atom. The number of halogens is 1. The molecule has 0 fully saturated rings. The number of fused-ring (bicyclic) bond motifs is 3. The second-order valence-electron chi connectivity index (χ2n) is 5.75. The maximum Gasteiger partial charge on any atom is 0.234 e. The van der Waals surface area contributed by atoms with Gasteiger partial charge in [-0.3, -0.25) is 4.79 Å². The van der Waals surface area contributed by atoms with Crippen LogP contribution >= 0.6 is 34.7 Å². The summed E-state index contributed by atoms with van der Waals surface area (Å²) in [7, 11) is 0. The number of rotatable bonds is 4. The van der Waals surface area contributed by atoms with Gasteiger partial charge >= 0.3 is 0 Å². The summed E-state index contributed by atoms with van der Waals surface area (Å²) in [6, 6.07) is 3.47. The van der Waals surface area contributed by atoms with Gasteiger partial charge in [-0.2, -0.15) is 0 Å². The summed E-state index contributed by atoms with van der Waals surface area (Å²) in [5.41, 5.74) is 1.90. The first-order chi connectivity index (χ1) is 12.2. The first-order valence-electron chi connectivity index (χ1n) is 8.01. The number of thioether (sulfide) groups is 1. The topological polar surface area (TPSA) is 67.8 Å². The maximum absolute atomic E-state index is 12.2. The lowest BCUT2D eigenvalue weighted by Crippen LogP contribution is -2.14. The minimum absolute atomic E-state index is 0.129. The zero-order valence-electron chi connectivity index (χ0n) is 13.3. The lowest BCUT2D eigenvalue weighted by molar-refractivity contribution is -0.113. The molecule has 0 spiro atoms. The number of amides is 1. The van der Waals surface area contributed by atoms with Crippen LogP contribution in [0.15, 0.2) is 29.7 Å². The highest BCUT2D eigenvalue weighted by Gasteiger charge is 2.20. The van der Waals surface area contributed by atoms with Gasteiger partial charge in [0.2, 0.25) is 5.91 Å². The summed E-state index contributed by atoms with van der Waals surface area (Å²) < 4.78 is 0. The number of carbonyl (C=O) groups excluding carboxylic acids is 1. The number of carbonyl (C=O) groups is 1. The molecule has 1 aliphatic rings. The third-order valence-corrected chi connectivity index (χ3v) is 6.58. The normalized spacial score (nSPS) is 13.6. The molecule has 1 N–H and O–H groups in total. The molecule has 128 valence electrons. The molecule has 0 aliphatic heterocycles. The van der Waals surface area contributed by atoms with E-state index >= 15 is 0 Å². The highest BCUT2D eigenvalue weighted by molar-refractivity contribution is 8.00. The number of nitrogens with one attached hydrogen (secondary N) is 1. The Bertz CT molecular complexity index is 944. The predicted molar refractivity (Wildman–Crippen MR) is 103 cm³/mol. The minimum Gasteiger partial charge on any atom is -0.323 e. The molecule has 4 rings (SSSR count). The molecule has 25 heavy (non-hydrogen) atoms. The number of nitrogens with zero attached hydrogens (tertiary/aromatic N) is 3. The van der Waals surface area contributed by atoms with Crippen molar-refractivity contribution in [2.75, 3.05) is 11.1 Å². The molecule has 1 aliphatic carbocycles. The van der Waals surface area contributed by atoms with Crippen LogP contribution in [0.25, 0.3) is 10.2 Å². The lowest BCUT2D eigenvalue weighted by Gasteiger charge is -2.11. The van der Waals surface area contributed by atoms with Crippen molar-refractivity contribution in [3.05, 3.63) is 40.3 Å². The monoisotopic (exact) mass is 390 g/mol. The predicted octanol–water partition coefficient (Wildman–Crippen LogP) is 4.35. The van der Waals surface area contributed by atoms with Crippen LogP contribution in [0.1, 0.15) is 23.3 Å². The van der Waals surface area contributed by atoms with E-state index in [-0.39, 0.29) is 16.8 Å². The molecule has 1 amide bonds. The summed E-state index contributed by atoms with van der Waals surface area (Å²) in [6.07, 6.45) is 7.82. The van der Waals surface area contributed by atoms with Gasteiger partial charge in [0.1, 0.15) is 16.2 Å². The van der Waals surface area contributed by atoms with Crippen molar-refractivity contribution >= 4 is 56.5 Å². The van der Waals surface area contributed by atoms with Crippen LogP contribution in [0.4, 0.5) is 5.69 Å². The summed E-state index contributed by atoms with van der Waals surface area (Å²) >= 11 is 9.18. The molecular formula is C17H15ClN4OS2. The Labute approximate surface area is 158 Å². The number of anilines is 1. The molecule has 0 saturated heterocycles. The molecule has 3 heterocycles. The van der Waals surface area contributed by atoms with Crippen LogP contribution in [0.2, 0.25) is 5.15 Å². The van der Waals surface area contributed by atoms with Crippen molar-refractivity contribution in [3.63, 3.8) is 0 Å². The third kappa shape index (κ3) is 3.49. The fraction of sp³-hybridized carbons (Fsp3) is 0.294. The molecular weight excluding hydrogens is 376 g/mol. The molecule has 8 heteroatoms. The van der Waals surface area contributed by atoms with Crippen LogP contribution in [0, 0.1) is 0 Å². The average Bonchev–Trinajstić information content (AvgIpc) is 3.01. The first kappa shape index (κ1) is 16.8. The van der Waals surface area contributed by atoms with E-state index in [1.807, 2.05) is 0 Å². The maximum atomic E-state index is 12.2. The number of aromatic nitrogens is 3. The Morgan fingerprint density at radius 2 is 2.16 bits per heavy atom. The van der Waals surface area contributed by atoms with Gasteiger partial charge in [-0.1, -0.05) is 23.4 Å². The molecule has 0 saturated carbocycles. The average molecular weight is 391 g/mol. The van der Waals surface area contributed by atoms with Gasteiger partial charge in [0, 0.05) is 16.5 Å². The second kappa shape index (κ2) is 7.27. The highest BCUT2D eigenvalue weighted by atomic mass is 35.5. The molecule has 0 radical (unpaired) electrons. The van der Waals surface area contributed by atoms with Crippen molar-refractivity contribution < 1.29 is 4.79 Å². The number of thiophene rings is 1. The van der Waals surface area contributed by atoms with Gasteiger partial charge < -0.3 is 5.32 Å². The van der Waals surface area contributed by atoms with Crippen molar-refractivity contribution in [1.82, 2.24) is 15.0 Å². The summed E-state index contributed by atoms with van der Waals surface area (Å²) in [5, 5.41) is 5.10. The fourth-order valence-corrected chi connectivity index (χ4v) is 5.26. The first-order valence-corrected chi connectivity index (χ1v) is 10.2. The molecule has 5 nitrogen and oxygen atoms in total. The smallest absolute Gasteiger partial charge is 0.234 e. The fourth-order valence-electron chi connectivity index (χ4n) is 2.97. The highest BCUT2D eigenvalue weighted by Crippen LogP contribution is 2.39. The van der Waals surface area contributed by atoms with Crippen LogP contribution < -0.4 is 5.32 Å². The number of aryl methyl sites for hydroxylation is 2. The van der Waals surface area contributed by atoms with E-state index in [0.29, 0.717) is 5.69 Å². The van der Waals surface area contributed by atoms with E-state index in [4.69, 9.17) is 11.6 Å². The third-order valence-electron chi connectivity index (χ3n) is 4.09. The molecule has 0 bridgehead atoms. The van der Waals surface area contributed by atoms with E-state index in [1.165, 1.54) is 35.0 Å². The Kier molecular flexibility index (Phi) is 4.87. The zero-order chi connectivity index (χ0) is 17.2. The summed E-state index contributed by atoms with van der Waals surface area (Å²) in [6.45, 7) is 0. The number of hydrogen-bond donors (Lipinski definition) is 1. The summed E-state index contributed by atoms with van der Waals surface area (Å²) in [5.74, 6) is 0.137. The Morgan fingerprint density at radius 3 is 3.04 bits per heavy atom. The molecule has 0 atom stereocenters. The molecule has 0 unspecified atom stereocenters. The molecule has 3 aromatic rings. The summed E-state index contributed by atoms with van der Waals surface area (Å²) in [4.78, 5) is 27.5. The molecule has 0 aromatic carbocycles. The van der Waals surface area contributed by atoms with Gasteiger partial charge in [-0.25, -0.2) is 15.0 Å². The van der Waals surface area contributed by atoms with Gasteiger partial charge in [-0.15, -0.1) is 11.3 Å². The van der Waals surface area contributed by atoms with Crippen LogP contribution in [0.5, 0.6) is 0 Å². The van der Waals surface area contributed by atoms with Gasteiger partial charge in [0.05, 0.1) is 11.4 Å². The number of pyridine rings is 1. The molecule has 3 aromatic heterocycles. The van der Waals surface area contributed by atoms with E-state index in [9.17, 15) is 4.79 Å². The minimum atomic E-state index is -0.129. The van der Waals surface area contributed by atoms with Gasteiger partial charge in [0.25, 0.3) is 0 Å². The SMILES string of the molecule is O=C(CSc1ncnc2sc3c(c12)CCCC3)Nc1cccnc1Cl. The van der Waals surface area contributed by atoms with Crippen molar-refractivity contribution in [2.45, 2.75) is 30.7 Å². The Hall–Kier alpha value is -1.70. The van der Waals surface area contributed by atoms with E-state index < -0.39 is 0 Å². The largest absolute Gasteiger partial charge is 0.323 e. The van der Waals surface area contributed by atoms with Crippen molar-refractivity contribution in [1.29, 1.82) is 0 Å². The van der Waals surface area contributed by atoms with Crippen LogP contribution in [0.3, 0.4) is 0 Å². The van der Waals surface area contributed by atoms with E-state index in [1.54, 1.807) is 36.0 Å². The van der Waals surface area contributed by atoms with Gasteiger partial charge in [0.15, 0.2) is 5.15 Å². The lowest BCUT2D eigenvalue weighted by atomic mass is 9.97. The Balaban J connectivity index is 1.52.